The van der Waals surface area contributed by atoms with Gasteiger partial charge in [-0.3, -0.25) is 9.59 Å². The molecule has 0 aromatic carbocycles. The van der Waals surface area contributed by atoms with Crippen LogP contribution in [0.2, 0.25) is 0 Å². The number of unbranched alkanes of at least 4 members (excludes halogenated alkanes) is 3. The highest BCUT2D eigenvalue weighted by Gasteiger charge is 2.03. The van der Waals surface area contributed by atoms with E-state index in [0.29, 0.717) is 19.1 Å². The molecule has 0 amide bonds. The summed E-state index contributed by atoms with van der Waals surface area (Å²) in [5.74, 6) is 0.00519. The molecule has 17 heavy (non-hydrogen) atoms. The molecule has 0 aromatic rings. The number of hydrogen-bond acceptors (Lipinski definition) is 4. The Bertz CT molecular complexity index is 225. The highest BCUT2D eigenvalue weighted by molar-refractivity contribution is 5.66. The van der Waals surface area contributed by atoms with E-state index in [4.69, 9.17) is 9.47 Å². The lowest BCUT2D eigenvalue weighted by molar-refractivity contribution is -0.142. The Morgan fingerprint density at radius 1 is 0.941 bits per heavy atom. The fraction of sp³-hybridized carbons (Fsp3) is 0.846. The molecule has 100 valence electrons. The van der Waals surface area contributed by atoms with Gasteiger partial charge in [0.25, 0.3) is 0 Å². The summed E-state index contributed by atoms with van der Waals surface area (Å²) < 4.78 is 9.77. The number of rotatable bonds is 9. The highest BCUT2D eigenvalue weighted by atomic mass is 16.5. The molecule has 0 radical (unpaired) electrons. The van der Waals surface area contributed by atoms with Crippen LogP contribution < -0.4 is 0 Å². The average Bonchev–Trinajstić information content (AvgIpc) is 2.24. The van der Waals surface area contributed by atoms with Crippen molar-refractivity contribution in [1.82, 2.24) is 0 Å². The van der Waals surface area contributed by atoms with Crippen LogP contribution >= 0.6 is 0 Å². The molecule has 4 nitrogen and oxygen atoms in total. The monoisotopic (exact) mass is 244 g/mol. The van der Waals surface area contributed by atoms with Crippen LogP contribution in [0.1, 0.15) is 52.9 Å². The SMILES string of the molecule is CC(=O)OCCCCCCC(C)COC(C)=O. The van der Waals surface area contributed by atoms with Crippen LogP contribution in [0.25, 0.3) is 0 Å². The van der Waals surface area contributed by atoms with Crippen molar-refractivity contribution in [3.8, 4) is 0 Å². The first-order valence-electron chi connectivity index (χ1n) is 6.29. The molecule has 0 aromatic heterocycles. The molecule has 0 bridgehead atoms. The van der Waals surface area contributed by atoms with Gasteiger partial charge in [-0.25, -0.2) is 0 Å². The third-order valence-corrected chi connectivity index (χ3v) is 2.47. The largest absolute Gasteiger partial charge is 0.466 e. The predicted molar refractivity (Wildman–Crippen MR) is 65.5 cm³/mol. The van der Waals surface area contributed by atoms with Crippen LogP contribution in [0.3, 0.4) is 0 Å². The van der Waals surface area contributed by atoms with Crippen molar-refractivity contribution >= 4 is 11.9 Å². The zero-order valence-corrected chi connectivity index (χ0v) is 11.2. The molecule has 0 aliphatic rings. The lowest BCUT2D eigenvalue weighted by Gasteiger charge is -2.10. The number of hydrogen-bond donors (Lipinski definition) is 0. The third-order valence-electron chi connectivity index (χ3n) is 2.47. The Kier molecular flexibility index (Phi) is 9.49. The molecule has 0 saturated carbocycles. The smallest absolute Gasteiger partial charge is 0.302 e. The zero-order valence-electron chi connectivity index (χ0n) is 11.2. The van der Waals surface area contributed by atoms with E-state index in [9.17, 15) is 9.59 Å². The van der Waals surface area contributed by atoms with Gasteiger partial charge in [-0.15, -0.1) is 0 Å². The van der Waals surface area contributed by atoms with Crippen molar-refractivity contribution in [1.29, 1.82) is 0 Å². The predicted octanol–water partition coefficient (Wildman–Crippen LogP) is 2.70. The highest BCUT2D eigenvalue weighted by Crippen LogP contribution is 2.11. The summed E-state index contributed by atoms with van der Waals surface area (Å²) in [5.41, 5.74) is 0. The quantitative estimate of drug-likeness (QED) is 0.462. The molecular formula is C13H24O4. The molecule has 0 rings (SSSR count). The Morgan fingerprint density at radius 3 is 2.12 bits per heavy atom. The summed E-state index contributed by atoms with van der Waals surface area (Å²) in [4.78, 5) is 21.1. The number of carbonyl (C=O) groups excluding carboxylic acids is 2. The van der Waals surface area contributed by atoms with Crippen molar-refractivity contribution in [2.24, 2.45) is 5.92 Å². The maximum absolute atomic E-state index is 10.6. The van der Waals surface area contributed by atoms with Gasteiger partial charge in [-0.1, -0.05) is 26.2 Å². The maximum atomic E-state index is 10.6. The van der Waals surface area contributed by atoms with Gasteiger partial charge in [0.15, 0.2) is 0 Å². The van der Waals surface area contributed by atoms with Crippen molar-refractivity contribution in [3.05, 3.63) is 0 Å². The molecule has 0 aliphatic heterocycles. The molecule has 0 N–H and O–H groups in total. The van der Waals surface area contributed by atoms with Gasteiger partial charge in [0.2, 0.25) is 0 Å². The van der Waals surface area contributed by atoms with Gasteiger partial charge in [0.05, 0.1) is 13.2 Å². The van der Waals surface area contributed by atoms with Crippen molar-refractivity contribution in [3.63, 3.8) is 0 Å². The van der Waals surface area contributed by atoms with Crippen LogP contribution in [0.15, 0.2) is 0 Å². The van der Waals surface area contributed by atoms with Gasteiger partial charge in [-0.05, 0) is 18.8 Å². The molecule has 0 spiro atoms. The Balaban J connectivity index is 3.21. The summed E-state index contributed by atoms with van der Waals surface area (Å²) >= 11 is 0. The van der Waals surface area contributed by atoms with Gasteiger partial charge in [-0.2, -0.15) is 0 Å². The zero-order chi connectivity index (χ0) is 13.1. The summed E-state index contributed by atoms with van der Waals surface area (Å²) in [7, 11) is 0. The number of esters is 2. The van der Waals surface area contributed by atoms with Crippen molar-refractivity contribution in [2.75, 3.05) is 13.2 Å². The molecule has 1 unspecified atom stereocenters. The van der Waals surface area contributed by atoms with E-state index < -0.39 is 0 Å². The fourth-order valence-electron chi connectivity index (χ4n) is 1.51. The van der Waals surface area contributed by atoms with Crippen molar-refractivity contribution < 1.29 is 19.1 Å². The first-order chi connectivity index (χ1) is 8.02. The molecule has 0 heterocycles. The minimum absolute atomic E-state index is 0.208. The molecule has 0 fully saturated rings. The molecule has 4 heteroatoms. The second-order valence-corrected chi connectivity index (χ2v) is 4.45. The molecule has 1 atom stereocenters. The average molecular weight is 244 g/mol. The minimum atomic E-state index is -0.210. The lowest BCUT2D eigenvalue weighted by atomic mass is 10.0. The fourth-order valence-corrected chi connectivity index (χ4v) is 1.51. The Hall–Kier alpha value is -1.06. The standard InChI is InChI=1S/C13H24O4/c1-11(10-17-13(3)15)8-6-4-5-7-9-16-12(2)14/h11H,4-10H2,1-3H3. The van der Waals surface area contributed by atoms with Crippen molar-refractivity contribution in [2.45, 2.75) is 52.9 Å². The number of ether oxygens (including phenoxy) is 2. The van der Waals surface area contributed by atoms with E-state index in [1.807, 2.05) is 0 Å². The van der Waals surface area contributed by atoms with Crippen LogP contribution in [0, 0.1) is 5.92 Å². The van der Waals surface area contributed by atoms with E-state index in [1.54, 1.807) is 0 Å². The Morgan fingerprint density at radius 2 is 1.53 bits per heavy atom. The second kappa shape index (κ2) is 10.1. The van der Waals surface area contributed by atoms with Crippen LogP contribution in [0.4, 0.5) is 0 Å². The van der Waals surface area contributed by atoms with E-state index >= 15 is 0 Å². The minimum Gasteiger partial charge on any atom is -0.466 e. The lowest BCUT2D eigenvalue weighted by Crippen LogP contribution is -2.09. The maximum Gasteiger partial charge on any atom is 0.302 e. The van der Waals surface area contributed by atoms with Crippen LogP contribution in [0.5, 0.6) is 0 Å². The van der Waals surface area contributed by atoms with E-state index in [-0.39, 0.29) is 11.9 Å². The first-order valence-corrected chi connectivity index (χ1v) is 6.29. The normalized spacial score (nSPS) is 11.9. The Labute approximate surface area is 104 Å². The van der Waals surface area contributed by atoms with Gasteiger partial charge in [0, 0.05) is 13.8 Å². The second-order valence-electron chi connectivity index (χ2n) is 4.45. The summed E-state index contributed by atoms with van der Waals surface area (Å²) in [5, 5.41) is 0. The van der Waals surface area contributed by atoms with Crippen LogP contribution in [-0.4, -0.2) is 25.2 Å². The van der Waals surface area contributed by atoms with E-state index in [1.165, 1.54) is 13.8 Å². The van der Waals surface area contributed by atoms with Gasteiger partial charge < -0.3 is 9.47 Å². The van der Waals surface area contributed by atoms with E-state index in [2.05, 4.69) is 6.92 Å². The van der Waals surface area contributed by atoms with Gasteiger partial charge >= 0.3 is 11.9 Å². The van der Waals surface area contributed by atoms with Gasteiger partial charge in [0.1, 0.15) is 0 Å². The first kappa shape index (κ1) is 15.9. The topological polar surface area (TPSA) is 52.6 Å². The molecule has 0 aliphatic carbocycles. The van der Waals surface area contributed by atoms with Crippen LogP contribution in [-0.2, 0) is 19.1 Å². The summed E-state index contributed by atoms with van der Waals surface area (Å²) in [6.45, 7) is 5.99. The molecule has 0 saturated heterocycles. The molecular weight excluding hydrogens is 220 g/mol. The number of carbonyl (C=O) groups is 2. The van der Waals surface area contributed by atoms with E-state index in [0.717, 1.165) is 32.1 Å². The summed E-state index contributed by atoms with van der Waals surface area (Å²) in [6.07, 6.45) is 5.33. The summed E-state index contributed by atoms with van der Waals surface area (Å²) in [6, 6.07) is 0. The third kappa shape index (κ3) is 12.9.